The zero-order chi connectivity index (χ0) is 22.4. The number of hydrogen-bond acceptors (Lipinski definition) is 3. The maximum Gasteiger partial charge on any atom is 0.337 e. The maximum absolute atomic E-state index is 12.6. The van der Waals surface area contributed by atoms with Crippen LogP contribution in [-0.2, 0) is 4.79 Å². The standard InChI is InChI=1S/C25H24N2O4/c1-3-12-26-24(29)20-10-11-21(25(30)31)22(15-20)27-23(28)13-16(2)18-9-8-17-6-4-5-7-19(17)14-18/h4-11,13-15H,3,12H2,1-2H3,(H,26,29)(H,27,28)(H,30,31)/b16-13-. The van der Waals surface area contributed by atoms with Crippen molar-refractivity contribution in [3.8, 4) is 0 Å². The number of carboxylic acid groups (broad SMARTS) is 1. The van der Waals surface area contributed by atoms with Crippen LogP contribution in [0.1, 0.15) is 46.5 Å². The average Bonchev–Trinajstić information content (AvgIpc) is 2.76. The van der Waals surface area contributed by atoms with Gasteiger partial charge in [0.25, 0.3) is 5.91 Å². The van der Waals surface area contributed by atoms with Gasteiger partial charge in [-0.3, -0.25) is 9.59 Å². The Kier molecular flexibility index (Phi) is 6.82. The molecule has 0 fully saturated rings. The summed E-state index contributed by atoms with van der Waals surface area (Å²) in [4.78, 5) is 36.4. The molecule has 0 radical (unpaired) electrons. The first-order valence-electron chi connectivity index (χ1n) is 10.0. The number of rotatable bonds is 7. The molecule has 3 aromatic carbocycles. The molecule has 0 aliphatic rings. The predicted octanol–water partition coefficient (Wildman–Crippen LogP) is 4.72. The molecule has 2 amide bonds. The molecular formula is C25H24N2O4. The van der Waals surface area contributed by atoms with E-state index in [9.17, 15) is 19.5 Å². The van der Waals surface area contributed by atoms with Gasteiger partial charge in [-0.15, -0.1) is 0 Å². The quantitative estimate of drug-likeness (QED) is 0.486. The van der Waals surface area contributed by atoms with E-state index in [0.29, 0.717) is 6.54 Å². The molecule has 3 N–H and O–H groups in total. The molecule has 0 unspecified atom stereocenters. The number of benzene rings is 3. The Balaban J connectivity index is 1.84. The number of aromatic carboxylic acids is 1. The molecule has 3 rings (SSSR count). The van der Waals surface area contributed by atoms with Crippen LogP contribution in [0.2, 0.25) is 0 Å². The molecule has 0 saturated carbocycles. The number of fused-ring (bicyclic) bond motifs is 1. The van der Waals surface area contributed by atoms with Crippen molar-refractivity contribution in [3.63, 3.8) is 0 Å². The Morgan fingerprint density at radius 2 is 1.65 bits per heavy atom. The molecule has 6 heteroatoms. The number of allylic oxidation sites excluding steroid dienone is 1. The van der Waals surface area contributed by atoms with Crippen molar-refractivity contribution in [1.29, 1.82) is 0 Å². The van der Waals surface area contributed by atoms with Crippen LogP contribution in [0.15, 0.2) is 66.7 Å². The molecule has 158 valence electrons. The lowest BCUT2D eigenvalue weighted by Gasteiger charge is -2.11. The topological polar surface area (TPSA) is 95.5 Å². The van der Waals surface area contributed by atoms with E-state index in [2.05, 4.69) is 10.6 Å². The lowest BCUT2D eigenvalue weighted by Crippen LogP contribution is -2.24. The number of amides is 2. The number of carbonyl (C=O) groups excluding carboxylic acids is 2. The highest BCUT2D eigenvalue weighted by atomic mass is 16.4. The molecule has 0 aliphatic heterocycles. The first-order valence-corrected chi connectivity index (χ1v) is 10.0. The average molecular weight is 416 g/mol. The molecule has 6 nitrogen and oxygen atoms in total. The molecule has 0 bridgehead atoms. The Morgan fingerprint density at radius 3 is 2.35 bits per heavy atom. The second-order valence-corrected chi connectivity index (χ2v) is 7.20. The van der Waals surface area contributed by atoms with Gasteiger partial charge < -0.3 is 15.7 Å². The van der Waals surface area contributed by atoms with Crippen LogP contribution in [0.5, 0.6) is 0 Å². The van der Waals surface area contributed by atoms with Gasteiger partial charge in [0.2, 0.25) is 5.91 Å². The third kappa shape index (κ3) is 5.36. The molecule has 31 heavy (non-hydrogen) atoms. The fourth-order valence-corrected chi connectivity index (χ4v) is 3.20. The normalized spacial score (nSPS) is 11.2. The van der Waals surface area contributed by atoms with Gasteiger partial charge in [-0.1, -0.05) is 43.3 Å². The van der Waals surface area contributed by atoms with E-state index >= 15 is 0 Å². The Bertz CT molecular complexity index is 1180. The monoisotopic (exact) mass is 416 g/mol. The zero-order valence-corrected chi connectivity index (χ0v) is 17.4. The third-order valence-corrected chi connectivity index (χ3v) is 4.86. The van der Waals surface area contributed by atoms with E-state index in [1.165, 1.54) is 24.3 Å². The molecule has 0 atom stereocenters. The van der Waals surface area contributed by atoms with E-state index in [1.807, 2.05) is 56.3 Å². The van der Waals surface area contributed by atoms with Crippen molar-refractivity contribution in [2.75, 3.05) is 11.9 Å². The van der Waals surface area contributed by atoms with Crippen molar-refractivity contribution in [3.05, 3.63) is 83.4 Å². The van der Waals surface area contributed by atoms with Crippen LogP contribution in [0.3, 0.4) is 0 Å². The Hall–Kier alpha value is -3.93. The summed E-state index contributed by atoms with van der Waals surface area (Å²) in [6.07, 6.45) is 2.20. The number of hydrogen-bond donors (Lipinski definition) is 3. The van der Waals surface area contributed by atoms with Gasteiger partial charge in [-0.25, -0.2) is 4.79 Å². The summed E-state index contributed by atoms with van der Waals surface area (Å²) in [6, 6.07) is 18.0. The summed E-state index contributed by atoms with van der Waals surface area (Å²) >= 11 is 0. The molecule has 0 heterocycles. The number of nitrogens with one attached hydrogen (secondary N) is 2. The molecular weight excluding hydrogens is 392 g/mol. The lowest BCUT2D eigenvalue weighted by molar-refractivity contribution is -0.111. The minimum absolute atomic E-state index is 0.0733. The summed E-state index contributed by atoms with van der Waals surface area (Å²) < 4.78 is 0. The van der Waals surface area contributed by atoms with Gasteiger partial charge in [-0.2, -0.15) is 0 Å². The summed E-state index contributed by atoms with van der Waals surface area (Å²) in [6.45, 7) is 4.26. The number of carboxylic acids is 1. The van der Waals surface area contributed by atoms with Gasteiger partial charge >= 0.3 is 5.97 Å². The number of anilines is 1. The molecule has 0 aliphatic carbocycles. The minimum Gasteiger partial charge on any atom is -0.478 e. The number of carbonyl (C=O) groups is 3. The minimum atomic E-state index is -1.19. The van der Waals surface area contributed by atoms with Crippen molar-refractivity contribution in [1.82, 2.24) is 5.32 Å². The first-order chi connectivity index (χ1) is 14.9. The largest absolute Gasteiger partial charge is 0.478 e. The Labute approximate surface area is 180 Å². The molecule has 0 spiro atoms. The van der Waals surface area contributed by atoms with Gasteiger partial charge in [0.1, 0.15) is 0 Å². The van der Waals surface area contributed by atoms with Crippen molar-refractivity contribution in [2.45, 2.75) is 20.3 Å². The second-order valence-electron chi connectivity index (χ2n) is 7.20. The fourth-order valence-electron chi connectivity index (χ4n) is 3.20. The van der Waals surface area contributed by atoms with Gasteiger partial charge in [-0.05, 0) is 59.5 Å². The molecule has 0 saturated heterocycles. The fraction of sp³-hybridized carbons (Fsp3) is 0.160. The van der Waals surface area contributed by atoms with E-state index in [1.54, 1.807) is 0 Å². The smallest absolute Gasteiger partial charge is 0.337 e. The maximum atomic E-state index is 12.6. The van der Waals surface area contributed by atoms with Crippen LogP contribution in [0.4, 0.5) is 5.69 Å². The van der Waals surface area contributed by atoms with Crippen LogP contribution in [0.25, 0.3) is 16.3 Å². The molecule has 0 aromatic heterocycles. The van der Waals surface area contributed by atoms with E-state index < -0.39 is 11.9 Å². The zero-order valence-electron chi connectivity index (χ0n) is 17.4. The van der Waals surface area contributed by atoms with Crippen LogP contribution < -0.4 is 10.6 Å². The highest BCUT2D eigenvalue weighted by molar-refractivity contribution is 6.08. The van der Waals surface area contributed by atoms with Gasteiger partial charge in [0.05, 0.1) is 11.3 Å². The van der Waals surface area contributed by atoms with Gasteiger partial charge in [0, 0.05) is 18.2 Å². The van der Waals surface area contributed by atoms with Crippen molar-refractivity contribution in [2.24, 2.45) is 0 Å². The van der Waals surface area contributed by atoms with E-state index in [-0.39, 0.29) is 22.7 Å². The summed E-state index contributed by atoms with van der Waals surface area (Å²) in [5.41, 5.74) is 1.89. The van der Waals surface area contributed by atoms with Gasteiger partial charge in [0.15, 0.2) is 0 Å². The highest BCUT2D eigenvalue weighted by Gasteiger charge is 2.15. The van der Waals surface area contributed by atoms with Crippen LogP contribution >= 0.6 is 0 Å². The first kappa shape index (κ1) is 21.8. The van der Waals surface area contributed by atoms with E-state index in [4.69, 9.17) is 0 Å². The summed E-state index contributed by atoms with van der Waals surface area (Å²) in [5.74, 6) is -1.98. The Morgan fingerprint density at radius 1 is 0.935 bits per heavy atom. The lowest BCUT2D eigenvalue weighted by atomic mass is 10.0. The van der Waals surface area contributed by atoms with Crippen molar-refractivity contribution < 1.29 is 19.5 Å². The third-order valence-electron chi connectivity index (χ3n) is 4.86. The summed E-state index contributed by atoms with van der Waals surface area (Å²) in [7, 11) is 0. The van der Waals surface area contributed by atoms with Crippen LogP contribution in [0, 0.1) is 0 Å². The van der Waals surface area contributed by atoms with E-state index in [0.717, 1.165) is 28.3 Å². The second kappa shape index (κ2) is 9.71. The van der Waals surface area contributed by atoms with Crippen LogP contribution in [-0.4, -0.2) is 29.4 Å². The van der Waals surface area contributed by atoms with Crippen molar-refractivity contribution >= 4 is 39.8 Å². The molecule has 3 aromatic rings. The summed E-state index contributed by atoms with van der Waals surface area (Å²) in [5, 5.41) is 16.9. The predicted molar refractivity (Wildman–Crippen MR) is 122 cm³/mol. The highest BCUT2D eigenvalue weighted by Crippen LogP contribution is 2.22. The SMILES string of the molecule is CCCNC(=O)c1ccc(C(=O)O)c(NC(=O)/C=C(/C)c2ccc3ccccc3c2)c1.